The van der Waals surface area contributed by atoms with Crippen molar-refractivity contribution < 1.29 is 9.59 Å². The van der Waals surface area contributed by atoms with E-state index in [-0.39, 0.29) is 17.7 Å². The van der Waals surface area contributed by atoms with Crippen molar-refractivity contribution in [2.45, 2.75) is 44.6 Å². The van der Waals surface area contributed by atoms with Gasteiger partial charge in [0.15, 0.2) is 0 Å². The highest BCUT2D eigenvalue weighted by Gasteiger charge is 2.37. The lowest BCUT2D eigenvalue weighted by Gasteiger charge is -2.37. The Morgan fingerprint density at radius 2 is 2.17 bits per heavy atom. The Bertz CT molecular complexity index is 612. The molecule has 124 valence electrons. The number of anilines is 1. The van der Waals surface area contributed by atoms with Gasteiger partial charge >= 0.3 is 0 Å². The molecular weight excluding hydrogens is 290 g/mol. The zero-order valence-electron chi connectivity index (χ0n) is 13.7. The van der Waals surface area contributed by atoms with Crippen LogP contribution in [-0.4, -0.2) is 30.4 Å². The molecule has 23 heavy (non-hydrogen) atoms. The Kier molecular flexibility index (Phi) is 4.39. The number of carbonyl (C=O) groups is 2. The largest absolute Gasteiger partial charge is 0.354 e. The highest BCUT2D eigenvalue weighted by atomic mass is 16.2. The van der Waals surface area contributed by atoms with Gasteiger partial charge in [0, 0.05) is 24.3 Å². The monoisotopic (exact) mass is 315 g/mol. The van der Waals surface area contributed by atoms with Crippen LogP contribution in [0.3, 0.4) is 0 Å². The number of amides is 2. The maximum absolute atomic E-state index is 12.4. The van der Waals surface area contributed by atoms with Crippen LogP contribution < -0.4 is 16.0 Å². The van der Waals surface area contributed by atoms with Crippen molar-refractivity contribution in [3.8, 4) is 0 Å². The van der Waals surface area contributed by atoms with Crippen molar-refractivity contribution >= 4 is 17.5 Å². The summed E-state index contributed by atoms with van der Waals surface area (Å²) in [5.74, 6) is -0.00535. The van der Waals surface area contributed by atoms with E-state index in [1.54, 1.807) is 4.90 Å². The number of hydrogen-bond acceptors (Lipinski definition) is 3. The highest BCUT2D eigenvalue weighted by molar-refractivity contribution is 6.01. The smallest absolute Gasteiger partial charge is 0.231 e. The molecule has 0 aromatic heterocycles. The van der Waals surface area contributed by atoms with Crippen LogP contribution in [0.1, 0.15) is 38.2 Å². The van der Waals surface area contributed by atoms with Gasteiger partial charge in [0.25, 0.3) is 0 Å². The van der Waals surface area contributed by atoms with Gasteiger partial charge in [-0.15, -0.1) is 0 Å². The molecule has 0 saturated heterocycles. The molecule has 1 aromatic rings. The molecule has 1 aromatic carbocycles. The van der Waals surface area contributed by atoms with Crippen LogP contribution in [-0.2, 0) is 16.0 Å². The van der Waals surface area contributed by atoms with Gasteiger partial charge in [0.1, 0.15) is 0 Å². The molecule has 2 unspecified atom stereocenters. The second-order valence-electron chi connectivity index (χ2n) is 6.95. The molecule has 2 atom stereocenters. The summed E-state index contributed by atoms with van der Waals surface area (Å²) in [4.78, 5) is 26.3. The Morgan fingerprint density at radius 3 is 2.96 bits per heavy atom. The van der Waals surface area contributed by atoms with Gasteiger partial charge < -0.3 is 16.0 Å². The molecule has 2 aliphatic rings. The summed E-state index contributed by atoms with van der Waals surface area (Å²) in [6.45, 7) is 2.94. The first-order chi connectivity index (χ1) is 11.0. The Hall–Kier alpha value is -1.88. The van der Waals surface area contributed by atoms with E-state index in [0.29, 0.717) is 19.5 Å². The van der Waals surface area contributed by atoms with Gasteiger partial charge in [-0.25, -0.2) is 0 Å². The zero-order chi connectivity index (χ0) is 16.4. The van der Waals surface area contributed by atoms with Crippen molar-refractivity contribution in [2.24, 2.45) is 11.7 Å². The first-order valence-corrected chi connectivity index (χ1v) is 8.44. The minimum atomic E-state index is -0.418. The predicted molar refractivity (Wildman–Crippen MR) is 90.1 cm³/mol. The predicted octanol–water partition coefficient (Wildman–Crippen LogP) is 1.60. The molecule has 2 amide bonds. The van der Waals surface area contributed by atoms with E-state index < -0.39 is 5.54 Å². The van der Waals surface area contributed by atoms with Gasteiger partial charge in [0.05, 0.1) is 12.3 Å². The lowest BCUT2D eigenvalue weighted by atomic mass is 9.74. The average molecular weight is 315 g/mol. The van der Waals surface area contributed by atoms with Crippen molar-refractivity contribution in [2.75, 3.05) is 18.0 Å². The van der Waals surface area contributed by atoms with E-state index in [2.05, 4.69) is 5.32 Å². The topological polar surface area (TPSA) is 75.4 Å². The quantitative estimate of drug-likeness (QED) is 0.886. The molecule has 3 N–H and O–H groups in total. The minimum Gasteiger partial charge on any atom is -0.354 e. The fourth-order valence-corrected chi connectivity index (χ4v) is 3.76. The maximum atomic E-state index is 12.4. The number of hydrogen-bond donors (Lipinski definition) is 2. The van der Waals surface area contributed by atoms with E-state index in [0.717, 1.165) is 36.9 Å². The number of nitrogens with zero attached hydrogens (tertiary/aromatic N) is 1. The SMILES string of the molecule is CC1(N)CCCCC1C(=O)NCCN1C(=O)Cc2ccccc21. The molecule has 0 spiro atoms. The second-order valence-corrected chi connectivity index (χ2v) is 6.95. The van der Waals surface area contributed by atoms with E-state index in [1.165, 1.54) is 0 Å². The van der Waals surface area contributed by atoms with Crippen LogP contribution in [0.25, 0.3) is 0 Å². The van der Waals surface area contributed by atoms with Crippen molar-refractivity contribution in [1.29, 1.82) is 0 Å². The number of para-hydroxylation sites is 1. The number of fused-ring (bicyclic) bond motifs is 1. The normalized spacial score (nSPS) is 27.0. The molecule has 3 rings (SSSR count). The van der Waals surface area contributed by atoms with Gasteiger partial charge in [0.2, 0.25) is 11.8 Å². The van der Waals surface area contributed by atoms with E-state index in [1.807, 2.05) is 31.2 Å². The minimum absolute atomic E-state index is 0.0228. The summed E-state index contributed by atoms with van der Waals surface area (Å²) in [5, 5.41) is 2.97. The first kappa shape index (κ1) is 16.0. The first-order valence-electron chi connectivity index (χ1n) is 8.44. The fraction of sp³-hybridized carbons (Fsp3) is 0.556. The molecule has 1 aliphatic heterocycles. The Balaban J connectivity index is 1.55. The second kappa shape index (κ2) is 6.32. The van der Waals surface area contributed by atoms with Crippen LogP contribution in [0.4, 0.5) is 5.69 Å². The summed E-state index contributed by atoms with van der Waals surface area (Å²) in [6, 6.07) is 7.82. The third kappa shape index (κ3) is 3.24. The van der Waals surface area contributed by atoms with Crippen LogP contribution in [0.5, 0.6) is 0 Å². The lowest BCUT2D eigenvalue weighted by Crippen LogP contribution is -2.53. The van der Waals surface area contributed by atoms with Crippen LogP contribution in [0.15, 0.2) is 24.3 Å². The lowest BCUT2D eigenvalue weighted by molar-refractivity contribution is -0.128. The summed E-state index contributed by atoms with van der Waals surface area (Å²) in [6.07, 6.45) is 4.35. The molecule has 1 aliphatic carbocycles. The average Bonchev–Trinajstić information content (AvgIpc) is 2.82. The van der Waals surface area contributed by atoms with Gasteiger partial charge in [-0.3, -0.25) is 9.59 Å². The number of carbonyl (C=O) groups excluding carboxylic acids is 2. The number of nitrogens with one attached hydrogen (secondary N) is 1. The molecule has 5 heteroatoms. The Morgan fingerprint density at radius 1 is 1.39 bits per heavy atom. The van der Waals surface area contributed by atoms with Crippen molar-refractivity contribution in [3.63, 3.8) is 0 Å². The van der Waals surface area contributed by atoms with Crippen LogP contribution >= 0.6 is 0 Å². The zero-order valence-corrected chi connectivity index (χ0v) is 13.7. The maximum Gasteiger partial charge on any atom is 0.231 e. The molecule has 1 fully saturated rings. The summed E-state index contributed by atoms with van der Waals surface area (Å²) >= 11 is 0. The van der Waals surface area contributed by atoms with Crippen molar-refractivity contribution in [3.05, 3.63) is 29.8 Å². The molecule has 1 saturated carbocycles. The summed E-state index contributed by atoms with van der Waals surface area (Å²) in [5.41, 5.74) is 7.89. The molecular formula is C18H25N3O2. The van der Waals surface area contributed by atoms with Crippen LogP contribution in [0, 0.1) is 5.92 Å². The van der Waals surface area contributed by atoms with Crippen LogP contribution in [0.2, 0.25) is 0 Å². The molecule has 5 nitrogen and oxygen atoms in total. The third-order valence-electron chi connectivity index (χ3n) is 5.13. The summed E-state index contributed by atoms with van der Waals surface area (Å²) < 4.78 is 0. The van der Waals surface area contributed by atoms with Gasteiger partial charge in [-0.2, -0.15) is 0 Å². The third-order valence-corrected chi connectivity index (χ3v) is 5.13. The van der Waals surface area contributed by atoms with Crippen molar-refractivity contribution in [1.82, 2.24) is 5.32 Å². The number of nitrogens with two attached hydrogens (primary N) is 1. The van der Waals surface area contributed by atoms with E-state index in [9.17, 15) is 9.59 Å². The Labute approximate surface area is 137 Å². The molecule has 1 heterocycles. The van der Waals surface area contributed by atoms with Gasteiger partial charge in [-0.1, -0.05) is 31.0 Å². The molecule has 0 radical (unpaired) electrons. The fourth-order valence-electron chi connectivity index (χ4n) is 3.76. The standard InChI is InChI=1S/C18H25N3O2/c1-18(19)9-5-4-7-14(18)17(23)20-10-11-21-15-8-3-2-6-13(15)12-16(21)22/h2-3,6,8,14H,4-5,7,9-12,19H2,1H3,(H,20,23). The summed E-state index contributed by atoms with van der Waals surface area (Å²) in [7, 11) is 0. The highest BCUT2D eigenvalue weighted by Crippen LogP contribution is 2.31. The molecule has 0 bridgehead atoms. The van der Waals surface area contributed by atoms with E-state index >= 15 is 0 Å². The van der Waals surface area contributed by atoms with E-state index in [4.69, 9.17) is 5.73 Å². The number of rotatable bonds is 4. The van der Waals surface area contributed by atoms with Gasteiger partial charge in [-0.05, 0) is 31.4 Å². The number of benzene rings is 1.